The van der Waals surface area contributed by atoms with Gasteiger partial charge in [0.25, 0.3) is 5.91 Å². The van der Waals surface area contributed by atoms with Gasteiger partial charge in [0, 0.05) is 25.0 Å². The highest BCUT2D eigenvalue weighted by Crippen LogP contribution is 2.14. The summed E-state index contributed by atoms with van der Waals surface area (Å²) in [7, 11) is 0. The second-order valence-corrected chi connectivity index (χ2v) is 3.70. The summed E-state index contributed by atoms with van der Waals surface area (Å²) in [5, 5.41) is 11.6. The van der Waals surface area contributed by atoms with Crippen molar-refractivity contribution in [1.29, 1.82) is 0 Å². The first-order valence-electron chi connectivity index (χ1n) is 5.32. The number of hydrogen-bond donors (Lipinski definition) is 2. The number of benzene rings is 1. The first kappa shape index (κ1) is 12.0. The third kappa shape index (κ3) is 2.82. The Morgan fingerprint density at radius 2 is 2.00 bits per heavy atom. The van der Waals surface area contributed by atoms with E-state index in [2.05, 4.69) is 10.3 Å². The second-order valence-electron chi connectivity index (χ2n) is 3.70. The van der Waals surface area contributed by atoms with E-state index in [0.717, 1.165) is 11.6 Å². The molecule has 1 heterocycles. The van der Waals surface area contributed by atoms with E-state index in [9.17, 15) is 9.18 Å². The summed E-state index contributed by atoms with van der Waals surface area (Å²) in [5.41, 5.74) is 0.777. The van der Waals surface area contributed by atoms with Crippen molar-refractivity contribution >= 4 is 5.91 Å². The van der Waals surface area contributed by atoms with Gasteiger partial charge in [-0.2, -0.15) is 0 Å². The maximum atomic E-state index is 13.4. The quantitative estimate of drug-likeness (QED) is 0.868. The van der Waals surface area contributed by atoms with E-state index in [-0.39, 0.29) is 11.3 Å². The van der Waals surface area contributed by atoms with Crippen LogP contribution in [0.3, 0.4) is 0 Å². The summed E-state index contributed by atoms with van der Waals surface area (Å²) >= 11 is 0. The lowest BCUT2D eigenvalue weighted by atomic mass is 10.2. The van der Waals surface area contributed by atoms with Gasteiger partial charge in [-0.15, -0.1) is 0 Å². The van der Waals surface area contributed by atoms with E-state index in [1.54, 1.807) is 24.5 Å². The van der Waals surface area contributed by atoms with Crippen LogP contribution in [0.15, 0.2) is 42.7 Å². The summed E-state index contributed by atoms with van der Waals surface area (Å²) in [5.74, 6) is -1.48. The Bertz CT molecular complexity index is 558. The van der Waals surface area contributed by atoms with Crippen molar-refractivity contribution in [2.45, 2.75) is 6.54 Å². The SMILES string of the molecule is O=C(NCc1ccncc1)c1ccc(O)cc1F. The maximum Gasteiger partial charge on any atom is 0.254 e. The van der Waals surface area contributed by atoms with Crippen LogP contribution in [0.2, 0.25) is 0 Å². The van der Waals surface area contributed by atoms with Crippen LogP contribution < -0.4 is 5.32 Å². The topological polar surface area (TPSA) is 62.2 Å². The average Bonchev–Trinajstić information content (AvgIpc) is 2.37. The molecule has 0 aliphatic rings. The number of rotatable bonds is 3. The molecular formula is C13H11FN2O2. The molecule has 1 aromatic heterocycles. The van der Waals surface area contributed by atoms with Gasteiger partial charge < -0.3 is 10.4 Å². The van der Waals surface area contributed by atoms with Crippen molar-refractivity contribution in [3.63, 3.8) is 0 Å². The van der Waals surface area contributed by atoms with Crippen LogP contribution in [0.5, 0.6) is 5.75 Å². The molecule has 0 aliphatic heterocycles. The summed E-state index contributed by atoms with van der Waals surface area (Å²) in [6.45, 7) is 0.293. The standard InChI is InChI=1S/C13H11FN2O2/c14-12-7-10(17)1-2-11(12)13(18)16-8-9-3-5-15-6-4-9/h1-7,17H,8H2,(H,16,18). The zero-order chi connectivity index (χ0) is 13.0. The number of phenolic OH excluding ortho intramolecular Hbond substituents is 1. The lowest BCUT2D eigenvalue weighted by molar-refractivity contribution is 0.0947. The number of carbonyl (C=O) groups excluding carboxylic acids is 1. The van der Waals surface area contributed by atoms with Gasteiger partial charge in [-0.25, -0.2) is 4.39 Å². The summed E-state index contributed by atoms with van der Waals surface area (Å²) in [4.78, 5) is 15.6. The van der Waals surface area contributed by atoms with Crippen molar-refractivity contribution in [1.82, 2.24) is 10.3 Å². The van der Waals surface area contributed by atoms with Crippen molar-refractivity contribution in [3.8, 4) is 5.75 Å². The Morgan fingerprint density at radius 3 is 2.67 bits per heavy atom. The van der Waals surface area contributed by atoms with Crippen LogP contribution in [0.4, 0.5) is 4.39 Å². The molecule has 5 heteroatoms. The minimum absolute atomic E-state index is 0.0955. The van der Waals surface area contributed by atoms with Gasteiger partial charge in [-0.3, -0.25) is 9.78 Å². The highest BCUT2D eigenvalue weighted by atomic mass is 19.1. The van der Waals surface area contributed by atoms with Gasteiger partial charge >= 0.3 is 0 Å². The fourth-order valence-electron chi connectivity index (χ4n) is 1.47. The summed E-state index contributed by atoms with van der Waals surface area (Å²) in [6, 6.07) is 6.93. The zero-order valence-electron chi connectivity index (χ0n) is 9.43. The molecule has 1 aromatic carbocycles. The van der Waals surface area contributed by atoms with Gasteiger partial charge in [0.1, 0.15) is 11.6 Å². The number of carbonyl (C=O) groups is 1. The summed E-state index contributed by atoms with van der Waals surface area (Å²) in [6.07, 6.45) is 3.23. The first-order valence-corrected chi connectivity index (χ1v) is 5.32. The number of pyridine rings is 1. The van der Waals surface area contributed by atoms with Crippen LogP contribution in [0.25, 0.3) is 0 Å². The van der Waals surface area contributed by atoms with E-state index < -0.39 is 11.7 Å². The molecule has 2 N–H and O–H groups in total. The van der Waals surface area contributed by atoms with Crippen molar-refractivity contribution < 1.29 is 14.3 Å². The number of halogens is 1. The molecule has 4 nitrogen and oxygen atoms in total. The van der Waals surface area contributed by atoms with E-state index in [0.29, 0.717) is 6.54 Å². The third-order valence-electron chi connectivity index (χ3n) is 2.40. The molecule has 0 bridgehead atoms. The first-order chi connectivity index (χ1) is 8.66. The molecule has 2 aromatic rings. The minimum atomic E-state index is -0.748. The second kappa shape index (κ2) is 5.27. The van der Waals surface area contributed by atoms with Crippen LogP contribution >= 0.6 is 0 Å². The van der Waals surface area contributed by atoms with Gasteiger partial charge in [0.05, 0.1) is 5.56 Å². The van der Waals surface area contributed by atoms with E-state index in [4.69, 9.17) is 5.11 Å². The molecule has 0 saturated heterocycles. The highest BCUT2D eigenvalue weighted by molar-refractivity contribution is 5.94. The number of nitrogens with zero attached hydrogens (tertiary/aromatic N) is 1. The van der Waals surface area contributed by atoms with Crippen LogP contribution in [0.1, 0.15) is 15.9 Å². The lowest BCUT2D eigenvalue weighted by Crippen LogP contribution is -2.23. The molecule has 92 valence electrons. The van der Waals surface area contributed by atoms with Gasteiger partial charge in [-0.1, -0.05) is 0 Å². The third-order valence-corrected chi connectivity index (χ3v) is 2.40. The van der Waals surface area contributed by atoms with E-state index in [1.165, 1.54) is 12.1 Å². The predicted molar refractivity (Wildman–Crippen MR) is 63.5 cm³/mol. The molecule has 1 amide bonds. The minimum Gasteiger partial charge on any atom is -0.508 e. The smallest absolute Gasteiger partial charge is 0.254 e. The molecule has 18 heavy (non-hydrogen) atoms. The largest absolute Gasteiger partial charge is 0.508 e. The van der Waals surface area contributed by atoms with E-state index >= 15 is 0 Å². The van der Waals surface area contributed by atoms with Crippen molar-refractivity contribution in [2.75, 3.05) is 0 Å². The van der Waals surface area contributed by atoms with Crippen LogP contribution in [-0.2, 0) is 6.54 Å². The number of amides is 1. The van der Waals surface area contributed by atoms with Crippen LogP contribution in [0, 0.1) is 5.82 Å². The average molecular weight is 246 g/mol. The molecule has 0 spiro atoms. The predicted octanol–water partition coefficient (Wildman–Crippen LogP) is 1.86. The van der Waals surface area contributed by atoms with E-state index in [1.807, 2.05) is 0 Å². The van der Waals surface area contributed by atoms with Crippen LogP contribution in [-0.4, -0.2) is 16.0 Å². The molecule has 0 saturated carbocycles. The molecular weight excluding hydrogens is 235 g/mol. The Labute approximate surface area is 103 Å². The normalized spacial score (nSPS) is 10.1. The molecule has 0 atom stereocenters. The fourth-order valence-corrected chi connectivity index (χ4v) is 1.47. The number of phenols is 1. The highest BCUT2D eigenvalue weighted by Gasteiger charge is 2.11. The number of aromatic hydroxyl groups is 1. The Balaban J connectivity index is 2.04. The molecule has 0 unspecified atom stereocenters. The Kier molecular flexibility index (Phi) is 3.52. The summed E-state index contributed by atoms with van der Waals surface area (Å²) < 4.78 is 13.4. The molecule has 0 fully saturated rings. The fraction of sp³-hybridized carbons (Fsp3) is 0.0769. The molecule has 2 rings (SSSR count). The number of aromatic nitrogens is 1. The zero-order valence-corrected chi connectivity index (χ0v) is 9.43. The van der Waals surface area contributed by atoms with Gasteiger partial charge in [0.15, 0.2) is 0 Å². The number of hydrogen-bond acceptors (Lipinski definition) is 3. The lowest BCUT2D eigenvalue weighted by Gasteiger charge is -2.06. The Morgan fingerprint density at radius 1 is 1.28 bits per heavy atom. The number of nitrogens with one attached hydrogen (secondary N) is 1. The van der Waals surface area contributed by atoms with Crippen molar-refractivity contribution in [3.05, 3.63) is 59.7 Å². The maximum absolute atomic E-state index is 13.4. The van der Waals surface area contributed by atoms with Gasteiger partial charge in [0.2, 0.25) is 0 Å². The van der Waals surface area contributed by atoms with Crippen molar-refractivity contribution in [2.24, 2.45) is 0 Å². The monoisotopic (exact) mass is 246 g/mol. The molecule has 0 radical (unpaired) electrons. The van der Waals surface area contributed by atoms with Gasteiger partial charge in [-0.05, 0) is 29.8 Å². The Hall–Kier alpha value is -2.43. The molecule has 0 aliphatic carbocycles.